The first-order chi connectivity index (χ1) is 11.3. The molecule has 0 saturated carbocycles. The predicted octanol–water partition coefficient (Wildman–Crippen LogP) is 4.55. The average Bonchev–Trinajstić information content (AvgIpc) is 2.61. The Labute approximate surface area is 138 Å². The summed E-state index contributed by atoms with van der Waals surface area (Å²) in [6, 6.07) is 18.7. The molecule has 1 aliphatic carbocycles. The van der Waals surface area contributed by atoms with Crippen molar-refractivity contribution in [2.24, 2.45) is 0 Å². The highest BCUT2D eigenvalue weighted by molar-refractivity contribution is 5.67. The molecule has 0 radical (unpaired) electrons. The quantitative estimate of drug-likeness (QED) is 0.767. The zero-order chi connectivity index (χ0) is 15.9. The molecule has 0 amide bonds. The van der Waals surface area contributed by atoms with Gasteiger partial charge in [0, 0.05) is 6.04 Å². The van der Waals surface area contributed by atoms with Crippen LogP contribution in [0.3, 0.4) is 0 Å². The zero-order valence-corrected chi connectivity index (χ0v) is 13.5. The summed E-state index contributed by atoms with van der Waals surface area (Å²) in [6.07, 6.45) is 8.25. The van der Waals surface area contributed by atoms with Crippen molar-refractivity contribution < 1.29 is 5.11 Å². The lowest BCUT2D eigenvalue weighted by Crippen LogP contribution is -2.30. The second-order valence-corrected chi connectivity index (χ2v) is 6.28. The molecule has 0 spiro atoms. The van der Waals surface area contributed by atoms with Crippen LogP contribution in [0.15, 0.2) is 60.7 Å². The Morgan fingerprint density at radius 2 is 1.78 bits per heavy atom. The first kappa shape index (κ1) is 15.8. The number of phenolic OH excluding ortho intramolecular Hbond substituents is 1. The van der Waals surface area contributed by atoms with Crippen LogP contribution in [0.2, 0.25) is 0 Å². The van der Waals surface area contributed by atoms with Gasteiger partial charge >= 0.3 is 0 Å². The molecule has 0 fully saturated rings. The van der Waals surface area contributed by atoms with Crippen LogP contribution in [0.5, 0.6) is 5.75 Å². The molecule has 2 heteroatoms. The third-order valence-electron chi connectivity index (χ3n) is 4.49. The van der Waals surface area contributed by atoms with Crippen LogP contribution in [0.1, 0.15) is 36.8 Å². The van der Waals surface area contributed by atoms with Gasteiger partial charge in [0.05, 0.1) is 0 Å². The van der Waals surface area contributed by atoms with Gasteiger partial charge in [-0.1, -0.05) is 48.5 Å². The van der Waals surface area contributed by atoms with Gasteiger partial charge in [0.25, 0.3) is 0 Å². The predicted molar refractivity (Wildman–Crippen MR) is 96.5 cm³/mol. The monoisotopic (exact) mass is 307 g/mol. The Hall–Kier alpha value is -2.06. The van der Waals surface area contributed by atoms with Crippen LogP contribution in [-0.2, 0) is 6.42 Å². The Kier molecular flexibility index (Phi) is 5.49. The standard InChI is InChI=1S/C21H25NO/c23-21-13-11-18(12-14-21)19-9-4-10-20(16-19)22-15-5-8-17-6-2-1-3-7-17/h1-3,6-7,11-14,16,20,22-23H,4-5,8-10,15H2. The van der Waals surface area contributed by atoms with Crippen molar-refractivity contribution in [2.45, 2.75) is 38.1 Å². The number of nitrogens with one attached hydrogen (secondary N) is 1. The summed E-state index contributed by atoms with van der Waals surface area (Å²) in [5.74, 6) is 0.334. The minimum Gasteiger partial charge on any atom is -0.508 e. The molecule has 0 bridgehead atoms. The highest BCUT2D eigenvalue weighted by Crippen LogP contribution is 2.27. The van der Waals surface area contributed by atoms with Gasteiger partial charge < -0.3 is 10.4 Å². The minimum absolute atomic E-state index is 0.334. The number of aromatic hydroxyl groups is 1. The lowest BCUT2D eigenvalue weighted by molar-refractivity contribution is 0.475. The van der Waals surface area contributed by atoms with Gasteiger partial charge in [0.1, 0.15) is 5.75 Å². The lowest BCUT2D eigenvalue weighted by atomic mass is 9.91. The van der Waals surface area contributed by atoms with Crippen LogP contribution in [-0.4, -0.2) is 17.7 Å². The normalized spacial score (nSPS) is 17.7. The van der Waals surface area contributed by atoms with Gasteiger partial charge in [0.15, 0.2) is 0 Å². The molecule has 0 aliphatic heterocycles. The third kappa shape index (κ3) is 4.70. The maximum Gasteiger partial charge on any atom is 0.115 e. The molecule has 0 heterocycles. The van der Waals surface area contributed by atoms with Crippen molar-refractivity contribution in [1.82, 2.24) is 5.32 Å². The van der Waals surface area contributed by atoms with E-state index in [0.717, 1.165) is 19.4 Å². The van der Waals surface area contributed by atoms with Crippen LogP contribution in [0.4, 0.5) is 0 Å². The van der Waals surface area contributed by atoms with E-state index in [1.165, 1.54) is 36.0 Å². The van der Waals surface area contributed by atoms with E-state index in [9.17, 15) is 5.11 Å². The molecule has 1 unspecified atom stereocenters. The minimum atomic E-state index is 0.334. The van der Waals surface area contributed by atoms with Crippen molar-refractivity contribution in [2.75, 3.05) is 6.54 Å². The van der Waals surface area contributed by atoms with E-state index in [4.69, 9.17) is 0 Å². The smallest absolute Gasteiger partial charge is 0.115 e. The molecule has 1 aliphatic rings. The zero-order valence-electron chi connectivity index (χ0n) is 13.5. The number of allylic oxidation sites excluding steroid dienone is 1. The summed E-state index contributed by atoms with van der Waals surface area (Å²) in [7, 11) is 0. The van der Waals surface area contributed by atoms with E-state index in [0.29, 0.717) is 11.8 Å². The SMILES string of the molecule is Oc1ccc(C2=CC(NCCCc3ccccc3)CCC2)cc1. The summed E-state index contributed by atoms with van der Waals surface area (Å²) in [4.78, 5) is 0. The van der Waals surface area contributed by atoms with Crippen LogP contribution in [0.25, 0.3) is 5.57 Å². The Balaban J connectivity index is 1.50. The van der Waals surface area contributed by atoms with E-state index >= 15 is 0 Å². The summed E-state index contributed by atoms with van der Waals surface area (Å²) in [5.41, 5.74) is 4.05. The van der Waals surface area contributed by atoms with E-state index in [1.807, 2.05) is 12.1 Å². The fraction of sp³-hybridized carbons (Fsp3) is 0.333. The Bertz CT molecular complexity index is 631. The molecule has 2 nitrogen and oxygen atoms in total. The number of benzene rings is 2. The Morgan fingerprint density at radius 3 is 2.57 bits per heavy atom. The average molecular weight is 307 g/mol. The van der Waals surface area contributed by atoms with Crippen LogP contribution >= 0.6 is 0 Å². The molecular formula is C21H25NO. The summed E-state index contributed by atoms with van der Waals surface area (Å²) in [5, 5.41) is 13.1. The maximum absolute atomic E-state index is 9.41. The number of phenols is 1. The molecule has 23 heavy (non-hydrogen) atoms. The van der Waals surface area contributed by atoms with Gasteiger partial charge in [-0.3, -0.25) is 0 Å². The summed E-state index contributed by atoms with van der Waals surface area (Å²) >= 11 is 0. The van der Waals surface area contributed by atoms with Crippen molar-refractivity contribution in [3.8, 4) is 5.75 Å². The highest BCUT2D eigenvalue weighted by Gasteiger charge is 2.14. The first-order valence-corrected chi connectivity index (χ1v) is 8.59. The molecule has 120 valence electrons. The van der Waals surface area contributed by atoms with E-state index < -0.39 is 0 Å². The van der Waals surface area contributed by atoms with Crippen LogP contribution < -0.4 is 5.32 Å². The molecule has 2 N–H and O–H groups in total. The topological polar surface area (TPSA) is 32.3 Å². The van der Waals surface area contributed by atoms with Crippen molar-refractivity contribution in [1.29, 1.82) is 0 Å². The molecule has 2 aromatic carbocycles. The largest absolute Gasteiger partial charge is 0.508 e. The highest BCUT2D eigenvalue weighted by atomic mass is 16.3. The second kappa shape index (κ2) is 7.98. The molecule has 0 saturated heterocycles. The van der Waals surface area contributed by atoms with Crippen molar-refractivity contribution >= 4 is 5.57 Å². The third-order valence-corrected chi connectivity index (χ3v) is 4.49. The first-order valence-electron chi connectivity index (χ1n) is 8.59. The maximum atomic E-state index is 9.41. The fourth-order valence-electron chi connectivity index (χ4n) is 3.22. The molecular weight excluding hydrogens is 282 g/mol. The van der Waals surface area contributed by atoms with E-state index in [2.05, 4.69) is 41.7 Å². The number of rotatable bonds is 6. The number of aryl methyl sites for hydroxylation is 1. The molecule has 1 atom stereocenters. The lowest BCUT2D eigenvalue weighted by Gasteiger charge is -2.22. The fourth-order valence-corrected chi connectivity index (χ4v) is 3.22. The number of hydrogen-bond acceptors (Lipinski definition) is 2. The summed E-state index contributed by atoms with van der Waals surface area (Å²) in [6.45, 7) is 1.05. The van der Waals surface area contributed by atoms with Gasteiger partial charge in [-0.2, -0.15) is 0 Å². The van der Waals surface area contributed by atoms with E-state index in [-0.39, 0.29) is 0 Å². The number of hydrogen-bond donors (Lipinski definition) is 2. The molecule has 0 aromatic heterocycles. The van der Waals surface area contributed by atoms with Gasteiger partial charge in [-0.25, -0.2) is 0 Å². The summed E-state index contributed by atoms with van der Waals surface area (Å²) < 4.78 is 0. The van der Waals surface area contributed by atoms with Crippen molar-refractivity contribution in [3.05, 3.63) is 71.8 Å². The van der Waals surface area contributed by atoms with Gasteiger partial charge in [0.2, 0.25) is 0 Å². The molecule has 3 rings (SSSR count). The molecule has 2 aromatic rings. The van der Waals surface area contributed by atoms with Crippen LogP contribution in [0, 0.1) is 0 Å². The second-order valence-electron chi connectivity index (χ2n) is 6.28. The van der Waals surface area contributed by atoms with Gasteiger partial charge in [-0.15, -0.1) is 0 Å². The Morgan fingerprint density at radius 1 is 1.00 bits per heavy atom. The van der Waals surface area contributed by atoms with Crippen molar-refractivity contribution in [3.63, 3.8) is 0 Å². The van der Waals surface area contributed by atoms with E-state index in [1.54, 1.807) is 12.1 Å². The van der Waals surface area contributed by atoms with Gasteiger partial charge in [-0.05, 0) is 67.5 Å².